The summed E-state index contributed by atoms with van der Waals surface area (Å²) in [5.41, 5.74) is -0.540. The molecule has 1 aliphatic rings. The molecule has 1 saturated heterocycles. The second kappa shape index (κ2) is 5.67. The van der Waals surface area contributed by atoms with Gasteiger partial charge in [0.1, 0.15) is 0 Å². The molecule has 6 heteroatoms. The quantitative estimate of drug-likeness (QED) is 0.612. The number of carbonyl (C=O) groups excluding carboxylic acids is 2. The predicted octanol–water partition coefficient (Wildman–Crippen LogP) is -0.897. The summed E-state index contributed by atoms with van der Waals surface area (Å²) in [6.07, 6.45) is -0.209. The lowest BCUT2D eigenvalue weighted by Crippen LogP contribution is -2.46. The summed E-state index contributed by atoms with van der Waals surface area (Å²) in [6, 6.07) is -0.348. The van der Waals surface area contributed by atoms with Crippen molar-refractivity contribution >= 4 is 11.8 Å². The number of likely N-dealkylation sites (tertiary alicyclic amines) is 1. The maximum absolute atomic E-state index is 11.9. The van der Waals surface area contributed by atoms with Crippen molar-refractivity contribution < 1.29 is 19.8 Å². The second-order valence-corrected chi connectivity index (χ2v) is 5.70. The summed E-state index contributed by atoms with van der Waals surface area (Å²) in [4.78, 5) is 24.9. The molecule has 18 heavy (non-hydrogen) atoms. The molecule has 0 aromatic carbocycles. The minimum Gasteiger partial charge on any atom is -0.394 e. The van der Waals surface area contributed by atoms with Crippen LogP contribution in [0.5, 0.6) is 0 Å². The van der Waals surface area contributed by atoms with Gasteiger partial charge in [-0.1, -0.05) is 20.8 Å². The van der Waals surface area contributed by atoms with Crippen molar-refractivity contribution in [3.05, 3.63) is 0 Å². The molecular weight excluding hydrogens is 236 g/mol. The fourth-order valence-corrected chi connectivity index (χ4v) is 1.89. The molecule has 2 atom stereocenters. The molecule has 2 unspecified atom stereocenters. The third-order valence-corrected chi connectivity index (χ3v) is 3.00. The summed E-state index contributed by atoms with van der Waals surface area (Å²) in [5, 5.41) is 21.1. The normalized spacial score (nSPS) is 24.2. The number of β-amino-alcohol motifs (C(OH)–C–C–N with tert-alkyl or cyclic N) is 1. The van der Waals surface area contributed by atoms with Gasteiger partial charge in [0.15, 0.2) is 0 Å². The molecule has 0 aromatic heterocycles. The van der Waals surface area contributed by atoms with E-state index in [1.165, 1.54) is 4.90 Å². The lowest BCUT2D eigenvalue weighted by molar-refractivity contribution is -0.136. The van der Waals surface area contributed by atoms with E-state index in [1.54, 1.807) is 20.8 Å². The van der Waals surface area contributed by atoms with Gasteiger partial charge in [-0.3, -0.25) is 9.59 Å². The van der Waals surface area contributed by atoms with Gasteiger partial charge in [0.25, 0.3) is 0 Å². The van der Waals surface area contributed by atoms with E-state index in [4.69, 9.17) is 5.11 Å². The molecule has 6 nitrogen and oxygen atoms in total. The van der Waals surface area contributed by atoms with E-state index >= 15 is 0 Å². The Morgan fingerprint density at radius 3 is 2.50 bits per heavy atom. The standard InChI is InChI=1S/C12H22N2O4/c1-12(2,3)11(18)13-5-10(17)14-6-9(16)4-8(14)7-15/h8-9,15-16H,4-7H2,1-3H3,(H,13,18). The molecule has 0 aromatic rings. The molecule has 1 fully saturated rings. The van der Waals surface area contributed by atoms with E-state index in [0.717, 1.165) is 0 Å². The van der Waals surface area contributed by atoms with Crippen molar-refractivity contribution in [1.29, 1.82) is 0 Å². The Balaban J connectivity index is 2.48. The average Bonchev–Trinajstić information content (AvgIpc) is 2.65. The monoisotopic (exact) mass is 258 g/mol. The first kappa shape index (κ1) is 14.9. The van der Waals surface area contributed by atoms with E-state index in [-0.39, 0.29) is 37.6 Å². The molecule has 3 N–H and O–H groups in total. The zero-order valence-electron chi connectivity index (χ0n) is 11.1. The Labute approximate surface area is 107 Å². The van der Waals surface area contributed by atoms with E-state index < -0.39 is 11.5 Å². The zero-order valence-corrected chi connectivity index (χ0v) is 11.1. The van der Waals surface area contributed by atoms with Crippen molar-refractivity contribution in [2.45, 2.75) is 39.3 Å². The van der Waals surface area contributed by atoms with Crippen molar-refractivity contribution in [3.63, 3.8) is 0 Å². The first-order valence-electron chi connectivity index (χ1n) is 6.12. The van der Waals surface area contributed by atoms with Crippen molar-refractivity contribution in [1.82, 2.24) is 10.2 Å². The minimum absolute atomic E-state index is 0.0979. The molecule has 0 saturated carbocycles. The van der Waals surface area contributed by atoms with E-state index in [2.05, 4.69) is 5.32 Å². The van der Waals surface area contributed by atoms with E-state index in [9.17, 15) is 14.7 Å². The van der Waals surface area contributed by atoms with Crippen molar-refractivity contribution in [3.8, 4) is 0 Å². The predicted molar refractivity (Wildman–Crippen MR) is 65.7 cm³/mol. The molecule has 0 radical (unpaired) electrons. The first-order valence-corrected chi connectivity index (χ1v) is 6.12. The molecular formula is C12H22N2O4. The maximum Gasteiger partial charge on any atom is 0.242 e. The summed E-state index contributed by atoms with van der Waals surface area (Å²) in [5.74, 6) is -0.473. The van der Waals surface area contributed by atoms with Gasteiger partial charge in [-0.2, -0.15) is 0 Å². The molecule has 0 spiro atoms. The number of hydrogen-bond donors (Lipinski definition) is 3. The third-order valence-electron chi connectivity index (χ3n) is 3.00. The molecule has 1 aliphatic heterocycles. The van der Waals surface area contributed by atoms with Crippen LogP contribution in [-0.2, 0) is 9.59 Å². The summed E-state index contributed by atoms with van der Waals surface area (Å²) < 4.78 is 0. The highest BCUT2D eigenvalue weighted by molar-refractivity contribution is 5.87. The third kappa shape index (κ3) is 3.68. The van der Waals surface area contributed by atoms with Gasteiger partial charge in [0, 0.05) is 12.0 Å². The van der Waals surface area contributed by atoms with Crippen LogP contribution in [0.4, 0.5) is 0 Å². The highest BCUT2D eigenvalue weighted by atomic mass is 16.3. The number of nitrogens with zero attached hydrogens (tertiary/aromatic N) is 1. The SMILES string of the molecule is CC(C)(C)C(=O)NCC(=O)N1CC(O)CC1CO. The van der Waals surface area contributed by atoms with Gasteiger partial charge in [-0.25, -0.2) is 0 Å². The van der Waals surface area contributed by atoms with Crippen LogP contribution >= 0.6 is 0 Å². The first-order chi connectivity index (χ1) is 8.25. The van der Waals surface area contributed by atoms with E-state index in [0.29, 0.717) is 6.42 Å². The second-order valence-electron chi connectivity index (χ2n) is 5.70. The van der Waals surface area contributed by atoms with Crippen LogP contribution in [0.3, 0.4) is 0 Å². The Morgan fingerprint density at radius 2 is 2.00 bits per heavy atom. The van der Waals surface area contributed by atoms with Crippen LogP contribution in [0.1, 0.15) is 27.2 Å². The lowest BCUT2D eigenvalue weighted by atomic mass is 9.96. The molecule has 1 heterocycles. The number of carbonyl (C=O) groups is 2. The molecule has 0 bridgehead atoms. The summed E-state index contributed by atoms with van der Waals surface area (Å²) in [7, 11) is 0. The Bertz CT molecular complexity index is 325. The minimum atomic E-state index is -0.593. The van der Waals surface area contributed by atoms with Crippen LogP contribution in [0.15, 0.2) is 0 Å². The van der Waals surface area contributed by atoms with Gasteiger partial charge < -0.3 is 20.4 Å². The van der Waals surface area contributed by atoms with Gasteiger partial charge in [-0.05, 0) is 6.42 Å². The number of amides is 2. The summed E-state index contributed by atoms with van der Waals surface area (Å²) >= 11 is 0. The molecule has 1 rings (SSSR count). The number of aliphatic hydroxyl groups is 2. The van der Waals surface area contributed by atoms with Crippen molar-refractivity contribution in [2.75, 3.05) is 19.7 Å². The number of aliphatic hydroxyl groups excluding tert-OH is 2. The van der Waals surface area contributed by atoms with Gasteiger partial charge in [0.05, 0.1) is 25.3 Å². The number of rotatable bonds is 3. The molecule has 0 aliphatic carbocycles. The van der Waals surface area contributed by atoms with Crippen LogP contribution in [0.2, 0.25) is 0 Å². The lowest BCUT2D eigenvalue weighted by Gasteiger charge is -2.24. The van der Waals surface area contributed by atoms with Crippen LogP contribution in [-0.4, -0.2) is 58.8 Å². The average molecular weight is 258 g/mol. The highest BCUT2D eigenvalue weighted by Crippen LogP contribution is 2.17. The molecule has 2 amide bonds. The van der Waals surface area contributed by atoms with Crippen LogP contribution in [0, 0.1) is 5.41 Å². The largest absolute Gasteiger partial charge is 0.394 e. The topological polar surface area (TPSA) is 89.9 Å². The number of hydrogen-bond acceptors (Lipinski definition) is 4. The molecule has 104 valence electrons. The maximum atomic E-state index is 11.9. The summed E-state index contributed by atoms with van der Waals surface area (Å²) in [6.45, 7) is 5.25. The van der Waals surface area contributed by atoms with Crippen molar-refractivity contribution in [2.24, 2.45) is 5.41 Å². The fraction of sp³-hybridized carbons (Fsp3) is 0.833. The Morgan fingerprint density at radius 1 is 1.39 bits per heavy atom. The van der Waals surface area contributed by atoms with Gasteiger partial charge >= 0.3 is 0 Å². The van der Waals surface area contributed by atoms with Gasteiger partial charge in [0.2, 0.25) is 11.8 Å². The zero-order chi connectivity index (χ0) is 13.9. The van der Waals surface area contributed by atoms with Gasteiger partial charge in [-0.15, -0.1) is 0 Å². The highest BCUT2D eigenvalue weighted by Gasteiger charge is 2.34. The fourth-order valence-electron chi connectivity index (χ4n) is 1.89. The van der Waals surface area contributed by atoms with Crippen LogP contribution < -0.4 is 5.32 Å². The smallest absolute Gasteiger partial charge is 0.242 e. The Kier molecular flexibility index (Phi) is 4.70. The Hall–Kier alpha value is -1.14. The van der Waals surface area contributed by atoms with E-state index in [1.807, 2.05) is 0 Å². The van der Waals surface area contributed by atoms with Crippen LogP contribution in [0.25, 0.3) is 0 Å². The number of nitrogens with one attached hydrogen (secondary N) is 1.